The highest BCUT2D eigenvalue weighted by Gasteiger charge is 2.14. The fourth-order valence-electron chi connectivity index (χ4n) is 1.12. The van der Waals surface area contributed by atoms with E-state index in [4.69, 9.17) is 11.6 Å². The van der Waals surface area contributed by atoms with Crippen LogP contribution in [-0.2, 0) is 7.05 Å². The smallest absolute Gasteiger partial charge is 0.132 e. The molecule has 1 rings (SSSR count). The molecule has 1 atom stereocenters. The average Bonchev–Trinajstić information content (AvgIpc) is 2.07. The van der Waals surface area contributed by atoms with Gasteiger partial charge in [0.2, 0.25) is 0 Å². The molecule has 62 valence electrons. The van der Waals surface area contributed by atoms with Crippen molar-refractivity contribution < 1.29 is 5.11 Å². The molecular weight excluding hydrogens is 164 g/mol. The zero-order chi connectivity index (χ0) is 8.59. The molecule has 4 heteroatoms. The van der Waals surface area contributed by atoms with E-state index in [9.17, 15) is 5.11 Å². The van der Waals surface area contributed by atoms with Crippen LogP contribution >= 0.6 is 11.6 Å². The van der Waals surface area contributed by atoms with E-state index in [1.165, 1.54) is 0 Å². The van der Waals surface area contributed by atoms with Gasteiger partial charge in [-0.25, -0.2) is 0 Å². The third-order valence-electron chi connectivity index (χ3n) is 1.61. The monoisotopic (exact) mass is 174 g/mol. The SMILES string of the molecule is Cc1nn(C)c(Cl)c1[C@@H](C)O. The lowest BCUT2D eigenvalue weighted by molar-refractivity contribution is 0.198. The highest BCUT2D eigenvalue weighted by Crippen LogP contribution is 2.24. The summed E-state index contributed by atoms with van der Waals surface area (Å²) < 4.78 is 1.55. The molecule has 3 nitrogen and oxygen atoms in total. The van der Waals surface area contributed by atoms with Gasteiger partial charge < -0.3 is 5.11 Å². The summed E-state index contributed by atoms with van der Waals surface area (Å²) in [5.41, 5.74) is 1.50. The standard InChI is InChI=1S/C7H11ClN2O/c1-4-6(5(2)11)7(8)10(3)9-4/h5,11H,1-3H3/t5-/m1/s1. The zero-order valence-corrected chi connectivity index (χ0v) is 7.55. The van der Waals surface area contributed by atoms with Gasteiger partial charge in [0.05, 0.1) is 11.8 Å². The second-order valence-electron chi connectivity index (χ2n) is 2.59. The second-order valence-corrected chi connectivity index (χ2v) is 2.95. The summed E-state index contributed by atoms with van der Waals surface area (Å²) in [6.45, 7) is 3.50. The number of aliphatic hydroxyl groups is 1. The molecule has 0 unspecified atom stereocenters. The first kappa shape index (κ1) is 8.56. The first-order valence-electron chi connectivity index (χ1n) is 3.41. The first-order valence-corrected chi connectivity index (χ1v) is 3.79. The van der Waals surface area contributed by atoms with Crippen molar-refractivity contribution >= 4 is 11.6 Å². The van der Waals surface area contributed by atoms with Gasteiger partial charge in [-0.3, -0.25) is 4.68 Å². The molecule has 0 bridgehead atoms. The van der Waals surface area contributed by atoms with Crippen LogP contribution in [0.15, 0.2) is 0 Å². The van der Waals surface area contributed by atoms with Gasteiger partial charge in [0.15, 0.2) is 0 Å². The molecule has 0 aromatic carbocycles. The van der Waals surface area contributed by atoms with Gasteiger partial charge in [0, 0.05) is 12.6 Å². The molecule has 0 spiro atoms. The molecule has 0 radical (unpaired) electrons. The maximum atomic E-state index is 9.26. The third kappa shape index (κ3) is 1.39. The minimum absolute atomic E-state index is 0.512. The van der Waals surface area contributed by atoms with Gasteiger partial charge in [-0.2, -0.15) is 5.10 Å². The molecule has 0 saturated carbocycles. The van der Waals surface area contributed by atoms with Crippen LogP contribution in [0.5, 0.6) is 0 Å². The van der Waals surface area contributed by atoms with E-state index in [1.54, 1.807) is 18.7 Å². The Morgan fingerprint density at radius 3 is 2.36 bits per heavy atom. The van der Waals surface area contributed by atoms with Crippen LogP contribution < -0.4 is 0 Å². The topological polar surface area (TPSA) is 38.0 Å². The van der Waals surface area contributed by atoms with Crippen molar-refractivity contribution in [1.29, 1.82) is 0 Å². The maximum absolute atomic E-state index is 9.26. The zero-order valence-electron chi connectivity index (χ0n) is 6.80. The Labute approximate surface area is 70.6 Å². The summed E-state index contributed by atoms with van der Waals surface area (Å²) in [5, 5.41) is 13.8. The lowest BCUT2D eigenvalue weighted by Gasteiger charge is -2.01. The van der Waals surface area contributed by atoms with Gasteiger partial charge in [-0.1, -0.05) is 11.6 Å². The number of aliphatic hydroxyl groups excluding tert-OH is 1. The van der Waals surface area contributed by atoms with Gasteiger partial charge >= 0.3 is 0 Å². The number of hydrogen-bond acceptors (Lipinski definition) is 2. The third-order valence-corrected chi connectivity index (χ3v) is 2.06. The number of nitrogens with zero attached hydrogens (tertiary/aromatic N) is 2. The first-order chi connectivity index (χ1) is 5.04. The minimum Gasteiger partial charge on any atom is -0.389 e. The number of halogens is 1. The van der Waals surface area contributed by atoms with Crippen LogP contribution in [0.1, 0.15) is 24.3 Å². The van der Waals surface area contributed by atoms with E-state index in [-0.39, 0.29) is 0 Å². The van der Waals surface area contributed by atoms with Gasteiger partial charge in [-0.05, 0) is 13.8 Å². The Kier molecular flexibility index (Phi) is 2.20. The largest absolute Gasteiger partial charge is 0.389 e. The highest BCUT2D eigenvalue weighted by molar-refractivity contribution is 6.30. The molecular formula is C7H11ClN2O. The lowest BCUT2D eigenvalue weighted by Crippen LogP contribution is -1.92. The van der Waals surface area contributed by atoms with E-state index in [2.05, 4.69) is 5.10 Å². The summed E-state index contributed by atoms with van der Waals surface area (Å²) in [4.78, 5) is 0. The molecule has 1 aromatic rings. The molecule has 0 aliphatic heterocycles. The molecule has 11 heavy (non-hydrogen) atoms. The molecule has 0 fully saturated rings. The quantitative estimate of drug-likeness (QED) is 0.700. The Hall–Kier alpha value is -0.540. The van der Waals surface area contributed by atoms with Crippen LogP contribution in [0.4, 0.5) is 0 Å². The molecule has 1 aromatic heterocycles. The van der Waals surface area contributed by atoms with Crippen molar-refractivity contribution in [2.45, 2.75) is 20.0 Å². The summed E-state index contributed by atoms with van der Waals surface area (Å²) in [5.74, 6) is 0. The summed E-state index contributed by atoms with van der Waals surface area (Å²) in [6.07, 6.45) is -0.545. The van der Waals surface area contributed by atoms with Crippen LogP contribution in [0.2, 0.25) is 5.15 Å². The molecule has 0 aliphatic rings. The summed E-state index contributed by atoms with van der Waals surface area (Å²) in [7, 11) is 1.75. The summed E-state index contributed by atoms with van der Waals surface area (Å²) in [6, 6.07) is 0. The van der Waals surface area contributed by atoms with E-state index in [1.807, 2.05) is 6.92 Å². The maximum Gasteiger partial charge on any atom is 0.132 e. The molecule has 0 aliphatic carbocycles. The Morgan fingerprint density at radius 2 is 2.18 bits per heavy atom. The van der Waals surface area contributed by atoms with Crippen LogP contribution in [0.3, 0.4) is 0 Å². The number of rotatable bonds is 1. The van der Waals surface area contributed by atoms with Crippen LogP contribution in [0.25, 0.3) is 0 Å². The van der Waals surface area contributed by atoms with Gasteiger partial charge in [-0.15, -0.1) is 0 Å². The predicted octanol–water partition coefficient (Wildman–Crippen LogP) is 1.44. The Bertz CT molecular complexity index is 268. The van der Waals surface area contributed by atoms with Gasteiger partial charge in [0.1, 0.15) is 5.15 Å². The van der Waals surface area contributed by atoms with E-state index in [0.29, 0.717) is 10.7 Å². The normalized spacial score (nSPS) is 13.5. The van der Waals surface area contributed by atoms with E-state index in [0.717, 1.165) is 5.69 Å². The average molecular weight is 175 g/mol. The van der Waals surface area contributed by atoms with Crippen molar-refractivity contribution in [2.24, 2.45) is 7.05 Å². The second kappa shape index (κ2) is 2.83. The van der Waals surface area contributed by atoms with Crippen LogP contribution in [-0.4, -0.2) is 14.9 Å². The number of aromatic nitrogens is 2. The van der Waals surface area contributed by atoms with Crippen molar-refractivity contribution in [3.8, 4) is 0 Å². The molecule has 0 amide bonds. The predicted molar refractivity (Wildman–Crippen MR) is 43.6 cm³/mol. The van der Waals surface area contributed by atoms with Crippen molar-refractivity contribution in [2.75, 3.05) is 0 Å². The van der Waals surface area contributed by atoms with Crippen molar-refractivity contribution in [3.63, 3.8) is 0 Å². The fraction of sp³-hybridized carbons (Fsp3) is 0.571. The Morgan fingerprint density at radius 1 is 1.64 bits per heavy atom. The lowest BCUT2D eigenvalue weighted by atomic mass is 10.2. The molecule has 0 saturated heterocycles. The fourth-order valence-corrected chi connectivity index (χ4v) is 1.45. The summed E-state index contributed by atoms with van der Waals surface area (Å²) >= 11 is 5.85. The number of aryl methyl sites for hydroxylation is 2. The molecule has 1 heterocycles. The van der Waals surface area contributed by atoms with E-state index >= 15 is 0 Å². The van der Waals surface area contributed by atoms with Crippen molar-refractivity contribution in [3.05, 3.63) is 16.4 Å². The minimum atomic E-state index is -0.545. The van der Waals surface area contributed by atoms with E-state index < -0.39 is 6.10 Å². The number of hydrogen-bond donors (Lipinski definition) is 1. The van der Waals surface area contributed by atoms with Gasteiger partial charge in [0.25, 0.3) is 0 Å². The van der Waals surface area contributed by atoms with Crippen LogP contribution in [0, 0.1) is 6.92 Å². The highest BCUT2D eigenvalue weighted by atomic mass is 35.5. The van der Waals surface area contributed by atoms with Crippen molar-refractivity contribution in [1.82, 2.24) is 9.78 Å². The molecule has 1 N–H and O–H groups in total. The Balaban J connectivity index is 3.22.